The fourth-order valence-corrected chi connectivity index (χ4v) is 2.33. The van der Waals surface area contributed by atoms with E-state index in [0.717, 1.165) is 44.6 Å². The smallest absolute Gasteiger partial charge is 0.274 e. The van der Waals surface area contributed by atoms with Crippen LogP contribution in [0.3, 0.4) is 0 Å². The van der Waals surface area contributed by atoms with Crippen LogP contribution < -0.4 is 5.73 Å². The van der Waals surface area contributed by atoms with Crippen molar-refractivity contribution in [3.05, 3.63) is 23.8 Å². The lowest BCUT2D eigenvalue weighted by molar-refractivity contribution is 0.0681. The van der Waals surface area contributed by atoms with Gasteiger partial charge in [-0.15, -0.1) is 0 Å². The average molecular weight is 248 g/mol. The van der Waals surface area contributed by atoms with Crippen LogP contribution in [0, 0.1) is 12.8 Å². The van der Waals surface area contributed by atoms with Crippen molar-refractivity contribution in [2.24, 2.45) is 11.7 Å². The summed E-state index contributed by atoms with van der Waals surface area (Å²) in [4.78, 5) is 22.3. The van der Waals surface area contributed by atoms with Crippen molar-refractivity contribution in [2.75, 3.05) is 19.6 Å². The lowest BCUT2D eigenvalue weighted by Gasteiger charge is -2.31. The Hall–Kier alpha value is -1.49. The molecule has 18 heavy (non-hydrogen) atoms. The van der Waals surface area contributed by atoms with Crippen molar-refractivity contribution in [2.45, 2.75) is 26.2 Å². The van der Waals surface area contributed by atoms with Gasteiger partial charge in [0.05, 0.1) is 11.9 Å². The van der Waals surface area contributed by atoms with Gasteiger partial charge in [0, 0.05) is 19.3 Å². The van der Waals surface area contributed by atoms with Gasteiger partial charge in [-0.3, -0.25) is 9.78 Å². The van der Waals surface area contributed by atoms with Crippen LogP contribution in [0.4, 0.5) is 0 Å². The molecule has 1 amide bonds. The number of piperidine rings is 1. The second-order valence-corrected chi connectivity index (χ2v) is 4.86. The zero-order chi connectivity index (χ0) is 13.0. The largest absolute Gasteiger partial charge is 0.337 e. The highest BCUT2D eigenvalue weighted by Gasteiger charge is 2.23. The lowest BCUT2D eigenvalue weighted by Crippen LogP contribution is -2.39. The van der Waals surface area contributed by atoms with Crippen LogP contribution in [-0.2, 0) is 0 Å². The molecule has 0 spiro atoms. The quantitative estimate of drug-likeness (QED) is 0.865. The molecule has 1 aliphatic heterocycles. The van der Waals surface area contributed by atoms with Crippen molar-refractivity contribution in [3.63, 3.8) is 0 Å². The Labute approximate surface area is 107 Å². The first kappa shape index (κ1) is 13.0. The third-order valence-corrected chi connectivity index (χ3v) is 3.48. The summed E-state index contributed by atoms with van der Waals surface area (Å²) in [6.07, 6.45) is 6.34. The second kappa shape index (κ2) is 5.91. The first-order valence-corrected chi connectivity index (χ1v) is 6.48. The van der Waals surface area contributed by atoms with E-state index in [1.807, 2.05) is 11.8 Å². The standard InChI is InChI=1S/C13H20N4O/c1-10-8-16-12(9-15-10)13(18)17-6-3-11(2-5-14)4-7-17/h8-9,11H,2-7,14H2,1H3. The van der Waals surface area contributed by atoms with Gasteiger partial charge >= 0.3 is 0 Å². The number of aromatic nitrogens is 2. The van der Waals surface area contributed by atoms with Crippen LogP contribution in [0.2, 0.25) is 0 Å². The summed E-state index contributed by atoms with van der Waals surface area (Å²) < 4.78 is 0. The molecule has 0 atom stereocenters. The van der Waals surface area contributed by atoms with E-state index in [2.05, 4.69) is 9.97 Å². The lowest BCUT2D eigenvalue weighted by atomic mass is 9.93. The number of hydrogen-bond donors (Lipinski definition) is 1. The van der Waals surface area contributed by atoms with Gasteiger partial charge in [-0.25, -0.2) is 4.98 Å². The predicted octanol–water partition coefficient (Wildman–Crippen LogP) is 0.986. The van der Waals surface area contributed by atoms with Crippen molar-refractivity contribution in [1.82, 2.24) is 14.9 Å². The van der Waals surface area contributed by atoms with Crippen LogP contribution in [0.15, 0.2) is 12.4 Å². The number of carbonyl (C=O) groups is 1. The highest BCUT2D eigenvalue weighted by molar-refractivity contribution is 5.92. The monoisotopic (exact) mass is 248 g/mol. The summed E-state index contributed by atoms with van der Waals surface area (Å²) in [6.45, 7) is 4.21. The first-order chi connectivity index (χ1) is 8.70. The van der Waals surface area contributed by atoms with Gasteiger partial charge in [0.2, 0.25) is 0 Å². The Bertz CT molecular complexity index is 396. The van der Waals surface area contributed by atoms with Crippen LogP contribution in [0.25, 0.3) is 0 Å². The molecule has 0 unspecified atom stereocenters. The number of likely N-dealkylation sites (tertiary alicyclic amines) is 1. The zero-order valence-corrected chi connectivity index (χ0v) is 10.8. The number of amides is 1. The summed E-state index contributed by atoms with van der Waals surface area (Å²) in [7, 11) is 0. The molecule has 0 aliphatic carbocycles. The van der Waals surface area contributed by atoms with Gasteiger partial charge in [0.15, 0.2) is 0 Å². The van der Waals surface area contributed by atoms with Crippen LogP contribution in [0.1, 0.15) is 35.4 Å². The Morgan fingerprint density at radius 2 is 2.11 bits per heavy atom. The Kier molecular flexibility index (Phi) is 4.25. The molecular weight excluding hydrogens is 228 g/mol. The summed E-state index contributed by atoms with van der Waals surface area (Å²) in [5, 5.41) is 0. The maximum Gasteiger partial charge on any atom is 0.274 e. The van der Waals surface area contributed by atoms with Crippen molar-refractivity contribution in [3.8, 4) is 0 Å². The molecule has 2 rings (SSSR count). The Morgan fingerprint density at radius 1 is 1.39 bits per heavy atom. The summed E-state index contributed by atoms with van der Waals surface area (Å²) in [5.41, 5.74) is 6.83. The van der Waals surface area contributed by atoms with Gasteiger partial charge in [-0.1, -0.05) is 0 Å². The minimum Gasteiger partial charge on any atom is -0.337 e. The molecule has 1 saturated heterocycles. The minimum absolute atomic E-state index is 0.00583. The second-order valence-electron chi connectivity index (χ2n) is 4.86. The normalized spacial score (nSPS) is 16.9. The van der Waals surface area contributed by atoms with E-state index in [9.17, 15) is 4.79 Å². The van der Waals surface area contributed by atoms with E-state index in [1.165, 1.54) is 0 Å². The predicted molar refractivity (Wildman–Crippen MR) is 69.1 cm³/mol. The highest BCUT2D eigenvalue weighted by atomic mass is 16.2. The summed E-state index contributed by atoms with van der Waals surface area (Å²) in [5.74, 6) is 0.664. The van der Waals surface area contributed by atoms with Crippen molar-refractivity contribution >= 4 is 5.91 Å². The molecule has 0 aromatic carbocycles. The number of rotatable bonds is 3. The van der Waals surface area contributed by atoms with E-state index in [1.54, 1.807) is 12.4 Å². The van der Waals surface area contributed by atoms with E-state index < -0.39 is 0 Å². The molecule has 2 N–H and O–H groups in total. The fourth-order valence-electron chi connectivity index (χ4n) is 2.33. The number of nitrogens with zero attached hydrogens (tertiary/aromatic N) is 3. The van der Waals surface area contributed by atoms with E-state index in [-0.39, 0.29) is 5.91 Å². The molecule has 5 heteroatoms. The number of hydrogen-bond acceptors (Lipinski definition) is 4. The van der Waals surface area contributed by atoms with E-state index in [0.29, 0.717) is 11.6 Å². The molecule has 5 nitrogen and oxygen atoms in total. The number of nitrogens with two attached hydrogens (primary N) is 1. The first-order valence-electron chi connectivity index (χ1n) is 6.48. The zero-order valence-electron chi connectivity index (χ0n) is 10.8. The summed E-state index contributed by atoms with van der Waals surface area (Å²) >= 11 is 0. The van der Waals surface area contributed by atoms with Crippen LogP contribution >= 0.6 is 0 Å². The van der Waals surface area contributed by atoms with Gasteiger partial charge in [0.1, 0.15) is 5.69 Å². The molecule has 0 bridgehead atoms. The van der Waals surface area contributed by atoms with Crippen molar-refractivity contribution in [1.29, 1.82) is 0 Å². The van der Waals surface area contributed by atoms with Gasteiger partial charge < -0.3 is 10.6 Å². The number of carbonyl (C=O) groups excluding carboxylic acids is 1. The topological polar surface area (TPSA) is 72.1 Å². The highest BCUT2D eigenvalue weighted by Crippen LogP contribution is 2.20. The third kappa shape index (κ3) is 3.04. The van der Waals surface area contributed by atoms with Crippen LogP contribution in [0.5, 0.6) is 0 Å². The molecule has 0 radical (unpaired) electrons. The molecule has 1 aliphatic rings. The molecule has 1 aromatic rings. The Morgan fingerprint density at radius 3 is 2.67 bits per heavy atom. The molecule has 98 valence electrons. The molecule has 0 saturated carbocycles. The molecular formula is C13H20N4O. The van der Waals surface area contributed by atoms with Gasteiger partial charge in [-0.2, -0.15) is 0 Å². The third-order valence-electron chi connectivity index (χ3n) is 3.48. The van der Waals surface area contributed by atoms with E-state index >= 15 is 0 Å². The number of aryl methyl sites for hydroxylation is 1. The van der Waals surface area contributed by atoms with Gasteiger partial charge in [0.25, 0.3) is 5.91 Å². The average Bonchev–Trinajstić information content (AvgIpc) is 2.40. The maximum atomic E-state index is 12.2. The summed E-state index contributed by atoms with van der Waals surface area (Å²) in [6, 6.07) is 0. The van der Waals surface area contributed by atoms with E-state index in [4.69, 9.17) is 5.73 Å². The molecule has 1 aromatic heterocycles. The van der Waals surface area contributed by atoms with Crippen molar-refractivity contribution < 1.29 is 4.79 Å². The Balaban J connectivity index is 1.93. The minimum atomic E-state index is -0.00583. The molecule has 1 fully saturated rings. The molecule has 2 heterocycles. The van der Waals surface area contributed by atoms with Crippen LogP contribution in [-0.4, -0.2) is 40.4 Å². The maximum absolute atomic E-state index is 12.2. The van der Waals surface area contributed by atoms with Gasteiger partial charge in [-0.05, 0) is 38.6 Å². The fraction of sp³-hybridized carbons (Fsp3) is 0.615. The SMILES string of the molecule is Cc1cnc(C(=O)N2CCC(CCN)CC2)cn1.